The van der Waals surface area contributed by atoms with Gasteiger partial charge in [0.2, 0.25) is 11.8 Å². The van der Waals surface area contributed by atoms with E-state index in [0.29, 0.717) is 11.2 Å². The number of aromatic nitrogens is 1. The largest absolute Gasteiger partial charge is 0.390 e. The molecule has 3 amide bonds. The molecule has 47 heavy (non-hydrogen) atoms. The van der Waals surface area contributed by atoms with Gasteiger partial charge in [-0.25, -0.2) is 4.98 Å². The predicted octanol–water partition coefficient (Wildman–Crippen LogP) is 2.61. The number of hydrogen-bond donors (Lipinski definition) is 5. The molecule has 6 N–H and O–H groups in total. The van der Waals surface area contributed by atoms with Crippen molar-refractivity contribution in [3.8, 4) is 0 Å². The molecule has 3 atom stereocenters. The number of hydrogen-bond acceptors (Lipinski definition) is 7. The fourth-order valence-electron chi connectivity index (χ4n) is 4.98. The summed E-state index contributed by atoms with van der Waals surface area (Å²) in [5.74, 6) is -2.38. The smallest absolute Gasteiger partial charge is 0.301 e. The third-order valence-corrected chi connectivity index (χ3v) is 8.77. The van der Waals surface area contributed by atoms with Gasteiger partial charge >= 0.3 is 10.2 Å². The van der Waals surface area contributed by atoms with Gasteiger partial charge in [0, 0.05) is 24.2 Å². The Balaban J connectivity index is 1.50. The summed E-state index contributed by atoms with van der Waals surface area (Å²) in [5, 5.41) is 17.5. The molecule has 1 aromatic heterocycles. The summed E-state index contributed by atoms with van der Waals surface area (Å²) in [6.45, 7) is 3.48. The second kappa shape index (κ2) is 16.1. The summed E-state index contributed by atoms with van der Waals surface area (Å²) in [5.41, 5.74) is 7.32. The third kappa shape index (κ3) is 10.3. The number of fused-ring (bicyclic) bond motifs is 1. The maximum absolute atomic E-state index is 13.4. The normalized spacial score (nSPS) is 13.6. The lowest BCUT2D eigenvalue weighted by Gasteiger charge is -2.31. The lowest BCUT2D eigenvalue weighted by Crippen LogP contribution is -2.53. The number of carbonyl (C=O) groups is 3. The molecule has 4 aromatic rings. The molecular weight excluding hydrogens is 620 g/mol. The number of pyridine rings is 1. The molecule has 0 aliphatic rings. The first-order valence-corrected chi connectivity index (χ1v) is 16.7. The fourth-order valence-corrected chi connectivity index (χ4v) is 6.39. The molecule has 0 aliphatic carbocycles. The maximum atomic E-state index is 13.4. The average molecular weight is 661 g/mol. The van der Waals surface area contributed by atoms with Gasteiger partial charge < -0.3 is 21.5 Å². The molecule has 0 bridgehead atoms. The van der Waals surface area contributed by atoms with Crippen LogP contribution in [0.4, 0.5) is 5.69 Å². The van der Waals surface area contributed by atoms with Crippen molar-refractivity contribution in [3.05, 3.63) is 108 Å². The van der Waals surface area contributed by atoms with E-state index < -0.39 is 52.5 Å². The molecule has 0 spiro atoms. The summed E-state index contributed by atoms with van der Waals surface area (Å²) >= 11 is 0. The Labute approximate surface area is 274 Å². The van der Waals surface area contributed by atoms with Crippen molar-refractivity contribution in [2.75, 3.05) is 17.8 Å². The van der Waals surface area contributed by atoms with Crippen LogP contribution >= 0.6 is 0 Å². The highest BCUT2D eigenvalue weighted by atomic mass is 32.2. The van der Waals surface area contributed by atoms with Gasteiger partial charge in [0.1, 0.15) is 11.7 Å². The zero-order valence-electron chi connectivity index (χ0n) is 26.2. The summed E-state index contributed by atoms with van der Waals surface area (Å²) < 4.78 is 30.5. The van der Waals surface area contributed by atoms with Gasteiger partial charge in [-0.3, -0.25) is 19.1 Å². The highest BCUT2D eigenvalue weighted by Gasteiger charge is 2.31. The van der Waals surface area contributed by atoms with E-state index in [4.69, 9.17) is 5.73 Å². The van der Waals surface area contributed by atoms with E-state index in [1.807, 2.05) is 44.2 Å². The molecule has 4 rings (SSSR count). The minimum atomic E-state index is -4.09. The molecule has 3 aromatic carbocycles. The van der Waals surface area contributed by atoms with Crippen molar-refractivity contribution in [1.82, 2.24) is 19.9 Å². The number of nitrogens with two attached hydrogens (primary N) is 1. The Morgan fingerprint density at radius 1 is 0.851 bits per heavy atom. The number of anilines is 1. The molecule has 0 radical (unpaired) electrons. The summed E-state index contributed by atoms with van der Waals surface area (Å²) in [6, 6.07) is 25.6. The summed E-state index contributed by atoms with van der Waals surface area (Å²) in [4.78, 5) is 42.9. The van der Waals surface area contributed by atoms with E-state index in [2.05, 4.69) is 20.3 Å². The molecule has 12 nitrogen and oxygen atoms in total. The average Bonchev–Trinajstić information content (AvgIpc) is 3.04. The minimum Gasteiger partial charge on any atom is -0.390 e. The second-order valence-corrected chi connectivity index (χ2v) is 13.3. The Morgan fingerprint density at radius 3 is 2.15 bits per heavy atom. The number of para-hydroxylation sites is 2. The number of carbonyl (C=O) groups excluding carboxylic acids is 3. The first kappa shape index (κ1) is 35.0. The molecule has 248 valence electrons. The number of primary amides is 1. The van der Waals surface area contributed by atoms with Crippen LogP contribution in [0, 0.1) is 5.92 Å². The lowest BCUT2D eigenvalue weighted by atomic mass is 10.00. The maximum Gasteiger partial charge on any atom is 0.301 e. The van der Waals surface area contributed by atoms with E-state index in [0.717, 1.165) is 15.3 Å². The van der Waals surface area contributed by atoms with Crippen LogP contribution in [0.25, 0.3) is 10.9 Å². The van der Waals surface area contributed by atoms with Crippen LogP contribution < -0.4 is 21.1 Å². The van der Waals surface area contributed by atoms with Crippen LogP contribution in [0.5, 0.6) is 0 Å². The molecule has 0 aliphatic heterocycles. The van der Waals surface area contributed by atoms with Gasteiger partial charge in [-0.2, -0.15) is 12.7 Å². The lowest BCUT2D eigenvalue weighted by molar-refractivity contribution is -0.127. The second-order valence-electron chi connectivity index (χ2n) is 11.6. The van der Waals surface area contributed by atoms with Crippen LogP contribution in [0.2, 0.25) is 0 Å². The molecule has 0 saturated carbocycles. The van der Waals surface area contributed by atoms with Crippen LogP contribution in [-0.2, 0) is 26.2 Å². The van der Waals surface area contributed by atoms with Crippen molar-refractivity contribution in [2.45, 2.75) is 44.9 Å². The molecule has 1 heterocycles. The van der Waals surface area contributed by atoms with Gasteiger partial charge in [0.25, 0.3) is 5.91 Å². The van der Waals surface area contributed by atoms with Gasteiger partial charge in [-0.1, -0.05) is 86.6 Å². The van der Waals surface area contributed by atoms with Crippen molar-refractivity contribution >= 4 is 44.5 Å². The highest BCUT2D eigenvalue weighted by Crippen LogP contribution is 2.16. The van der Waals surface area contributed by atoms with E-state index in [9.17, 15) is 27.9 Å². The van der Waals surface area contributed by atoms with Crippen LogP contribution in [0.1, 0.15) is 36.3 Å². The van der Waals surface area contributed by atoms with Crippen LogP contribution in [0.3, 0.4) is 0 Å². The van der Waals surface area contributed by atoms with Gasteiger partial charge in [0.05, 0.1) is 24.1 Å². The van der Waals surface area contributed by atoms with E-state index in [-0.39, 0.29) is 31.1 Å². The summed E-state index contributed by atoms with van der Waals surface area (Å²) in [7, 11) is -4.09. The van der Waals surface area contributed by atoms with Crippen LogP contribution in [-0.4, -0.2) is 71.8 Å². The molecule has 13 heteroatoms. The Hall–Kier alpha value is -4.85. The van der Waals surface area contributed by atoms with E-state index in [1.54, 1.807) is 60.7 Å². The molecule has 0 fully saturated rings. The zero-order valence-corrected chi connectivity index (χ0v) is 27.1. The Bertz CT molecular complexity index is 1770. The first-order valence-electron chi connectivity index (χ1n) is 15.2. The number of aliphatic hydroxyl groups is 1. The SMILES string of the molecule is CC(C)CN(C[C@@H](O)[C@H](Cc1ccccc1)NC(=O)C[C@H](NC(=O)c1ccc2ccccc2n1)C(N)=O)S(=O)(=O)Nc1ccccc1. The number of nitrogens with one attached hydrogen (secondary N) is 3. The number of aliphatic hydroxyl groups excluding tert-OH is 1. The first-order chi connectivity index (χ1) is 22.4. The Kier molecular flexibility index (Phi) is 12.0. The number of nitrogens with zero attached hydrogens (tertiary/aromatic N) is 2. The number of rotatable bonds is 16. The fraction of sp³-hybridized carbons (Fsp3) is 0.294. The van der Waals surface area contributed by atoms with E-state index in [1.165, 1.54) is 6.07 Å². The third-order valence-electron chi connectivity index (χ3n) is 7.30. The Morgan fingerprint density at radius 2 is 1.49 bits per heavy atom. The number of amides is 3. The van der Waals surface area contributed by atoms with E-state index >= 15 is 0 Å². The van der Waals surface area contributed by atoms with Gasteiger partial charge in [0.15, 0.2) is 0 Å². The summed E-state index contributed by atoms with van der Waals surface area (Å²) in [6.07, 6.45) is -1.71. The van der Waals surface area contributed by atoms with Gasteiger partial charge in [-0.15, -0.1) is 0 Å². The van der Waals surface area contributed by atoms with Crippen molar-refractivity contribution in [1.29, 1.82) is 0 Å². The van der Waals surface area contributed by atoms with Crippen molar-refractivity contribution in [3.63, 3.8) is 0 Å². The van der Waals surface area contributed by atoms with Crippen LogP contribution in [0.15, 0.2) is 97.1 Å². The molecular formula is C34H40N6O6S. The minimum absolute atomic E-state index is 0.0447. The van der Waals surface area contributed by atoms with Crippen molar-refractivity contribution in [2.24, 2.45) is 11.7 Å². The predicted molar refractivity (Wildman–Crippen MR) is 180 cm³/mol. The highest BCUT2D eigenvalue weighted by molar-refractivity contribution is 7.90. The molecule has 0 unspecified atom stereocenters. The zero-order chi connectivity index (χ0) is 34.0. The van der Waals surface area contributed by atoms with Gasteiger partial charge in [-0.05, 0) is 42.2 Å². The quantitative estimate of drug-likeness (QED) is 0.122. The molecule has 0 saturated heterocycles. The topological polar surface area (TPSA) is 184 Å². The van der Waals surface area contributed by atoms with Crippen molar-refractivity contribution < 1.29 is 27.9 Å². The number of benzene rings is 3. The standard InChI is InChI=1S/C34H40N6O6S/c1-23(2)21-40(47(45,46)39-26-14-7-4-8-15-26)22-31(41)29(19-24-11-5-3-6-12-24)37-32(42)20-30(33(35)43)38-34(44)28-18-17-25-13-9-10-16-27(25)36-28/h3-18,23,29-31,39,41H,19-22H2,1-2H3,(H2,35,43)(H,37,42)(H,38,44)/t29-,30-,31+/m0/s1. The monoisotopic (exact) mass is 660 g/mol.